The van der Waals surface area contributed by atoms with E-state index in [0.29, 0.717) is 32.1 Å². The molecule has 5 unspecified atom stereocenters. The summed E-state index contributed by atoms with van der Waals surface area (Å²) in [4.78, 5) is 72.9. The van der Waals surface area contributed by atoms with Gasteiger partial charge in [0.15, 0.2) is 12.2 Å². The van der Waals surface area contributed by atoms with Gasteiger partial charge in [0.25, 0.3) is 0 Å². The maximum Gasteiger partial charge on any atom is 0.472 e. The van der Waals surface area contributed by atoms with E-state index >= 15 is 0 Å². The van der Waals surface area contributed by atoms with Gasteiger partial charge in [-0.05, 0) is 128 Å². The molecule has 0 aromatic carbocycles. The number of hydrogen-bond acceptors (Lipinski definition) is 15. The van der Waals surface area contributed by atoms with Crippen molar-refractivity contribution in [2.24, 2.45) is 0 Å². The molecule has 0 bridgehead atoms. The molecule has 104 heavy (non-hydrogen) atoms. The molecule has 0 saturated carbocycles. The largest absolute Gasteiger partial charge is 0.472 e. The zero-order chi connectivity index (χ0) is 76.0. The van der Waals surface area contributed by atoms with Crippen molar-refractivity contribution in [1.82, 2.24) is 0 Å². The van der Waals surface area contributed by atoms with Crippen molar-refractivity contribution in [3.05, 3.63) is 170 Å². The van der Waals surface area contributed by atoms with Crippen LogP contribution >= 0.6 is 15.6 Å². The number of esters is 4. The smallest absolute Gasteiger partial charge is 0.462 e. The van der Waals surface area contributed by atoms with E-state index in [2.05, 4.69) is 161 Å². The molecule has 0 aliphatic carbocycles. The molecule has 0 aromatic rings. The van der Waals surface area contributed by atoms with E-state index in [0.717, 1.165) is 148 Å². The quantitative estimate of drug-likeness (QED) is 0.0169. The number of ether oxygens (including phenoxy) is 4. The summed E-state index contributed by atoms with van der Waals surface area (Å²) in [6.07, 6.45) is 89.5. The van der Waals surface area contributed by atoms with Gasteiger partial charge in [-0.15, -0.1) is 0 Å². The van der Waals surface area contributed by atoms with Crippen molar-refractivity contribution in [3.63, 3.8) is 0 Å². The number of phosphoric acid groups is 2. The summed E-state index contributed by atoms with van der Waals surface area (Å²) in [6.45, 7) is 4.32. The molecule has 3 N–H and O–H groups in total. The summed E-state index contributed by atoms with van der Waals surface area (Å²) in [5.41, 5.74) is 0. The molecule has 0 fully saturated rings. The van der Waals surface area contributed by atoms with Gasteiger partial charge >= 0.3 is 39.5 Å². The molecular formula is C85H138O17P2. The minimum Gasteiger partial charge on any atom is -0.462 e. The maximum absolute atomic E-state index is 13.1. The molecule has 0 aromatic heterocycles. The fourth-order valence-electron chi connectivity index (χ4n) is 9.85. The Kier molecular flexibility index (Phi) is 71.6. The Hall–Kier alpha value is -5.58. The molecule has 19 heteroatoms. The normalized spacial score (nSPS) is 14.8. The number of rotatable bonds is 72. The number of unbranched alkanes of at least 4 members (excludes halogenated alkanes) is 19. The second-order valence-corrected chi connectivity index (χ2v) is 28.4. The zero-order valence-corrected chi connectivity index (χ0v) is 66.2. The molecule has 590 valence electrons. The van der Waals surface area contributed by atoms with Gasteiger partial charge < -0.3 is 33.8 Å². The average Bonchev–Trinajstić information content (AvgIpc) is 0.939. The summed E-state index contributed by atoms with van der Waals surface area (Å²) in [5.74, 6) is -2.42. The summed E-state index contributed by atoms with van der Waals surface area (Å²) in [5, 5.41) is 10.6. The number of allylic oxidation sites excluding steroid dienone is 27. The fourth-order valence-corrected chi connectivity index (χ4v) is 11.4. The lowest BCUT2D eigenvalue weighted by atomic mass is 10.0. The van der Waals surface area contributed by atoms with Gasteiger partial charge in [-0.3, -0.25) is 37.3 Å². The summed E-state index contributed by atoms with van der Waals surface area (Å²) in [7, 11) is -10.0. The number of aliphatic hydroxyl groups is 1. The third kappa shape index (κ3) is 74.7. The molecule has 0 amide bonds. The molecule has 0 rings (SSSR count). The lowest BCUT2D eigenvalue weighted by Gasteiger charge is -2.21. The predicted molar refractivity (Wildman–Crippen MR) is 426 cm³/mol. The van der Waals surface area contributed by atoms with Crippen molar-refractivity contribution in [3.8, 4) is 0 Å². The van der Waals surface area contributed by atoms with E-state index in [1.54, 1.807) is 12.2 Å². The van der Waals surface area contributed by atoms with Gasteiger partial charge in [0, 0.05) is 19.3 Å². The highest BCUT2D eigenvalue weighted by molar-refractivity contribution is 7.47. The lowest BCUT2D eigenvalue weighted by molar-refractivity contribution is -0.161. The number of phosphoric ester groups is 2. The van der Waals surface area contributed by atoms with Crippen LogP contribution < -0.4 is 0 Å². The number of hydrogen-bond donors (Lipinski definition) is 3. The molecule has 0 aliphatic heterocycles. The van der Waals surface area contributed by atoms with Crippen LogP contribution in [0.25, 0.3) is 0 Å². The average molecular weight is 1490 g/mol. The van der Waals surface area contributed by atoms with Crippen molar-refractivity contribution in [1.29, 1.82) is 0 Å². The number of carbonyl (C=O) groups is 4. The highest BCUT2D eigenvalue weighted by Gasteiger charge is 2.30. The summed E-state index contributed by atoms with van der Waals surface area (Å²) < 4.78 is 68.4. The summed E-state index contributed by atoms with van der Waals surface area (Å²) >= 11 is 0. The van der Waals surface area contributed by atoms with E-state index in [1.165, 1.54) is 51.4 Å². The SMILES string of the molecule is CC/C=C\C/C=C\C/C=C\C/C=C\C/C=C\CCCC(=O)OCC(COP(=O)(O)OCC(O)COP(=O)(O)OCC(COC(=O)CCCCCCCC/C=C\C/C=C\C/C=C\C/C=C\CC)OC(=O)CCCCCCCCCCCCCCC)OC(=O)C/C=C\C/C=C\C/C=C\C/C=C\C/C=C\CC. The molecular weight excluding hydrogens is 1350 g/mol. The minimum absolute atomic E-state index is 0.0579. The summed E-state index contributed by atoms with van der Waals surface area (Å²) in [6, 6.07) is 0. The predicted octanol–water partition coefficient (Wildman–Crippen LogP) is 23.0. The third-order valence-electron chi connectivity index (χ3n) is 15.7. The Bertz CT molecular complexity index is 2640. The second-order valence-electron chi connectivity index (χ2n) is 25.5. The molecule has 0 radical (unpaired) electrons. The molecule has 17 nitrogen and oxygen atoms in total. The highest BCUT2D eigenvalue weighted by atomic mass is 31.2. The van der Waals surface area contributed by atoms with Crippen LogP contribution in [0.3, 0.4) is 0 Å². The number of aliphatic hydroxyl groups excluding tert-OH is 1. The zero-order valence-electron chi connectivity index (χ0n) is 64.4. The van der Waals surface area contributed by atoms with Gasteiger partial charge in [-0.2, -0.15) is 0 Å². The van der Waals surface area contributed by atoms with E-state index in [1.807, 2.05) is 24.3 Å². The van der Waals surface area contributed by atoms with Crippen LogP contribution in [0.2, 0.25) is 0 Å². The Morgan fingerprint density at radius 3 is 0.894 bits per heavy atom. The van der Waals surface area contributed by atoms with Crippen LogP contribution in [0.5, 0.6) is 0 Å². The van der Waals surface area contributed by atoms with Gasteiger partial charge in [-0.1, -0.05) is 301 Å². The van der Waals surface area contributed by atoms with Crippen molar-refractivity contribution in [2.45, 2.75) is 303 Å². The minimum atomic E-state index is -5.02. The van der Waals surface area contributed by atoms with Crippen LogP contribution in [0.15, 0.2) is 170 Å². The van der Waals surface area contributed by atoms with Gasteiger partial charge in [0.05, 0.1) is 32.8 Å². The van der Waals surface area contributed by atoms with E-state index in [9.17, 15) is 43.2 Å². The first kappa shape index (κ1) is 98.4. The van der Waals surface area contributed by atoms with Crippen molar-refractivity contribution in [2.75, 3.05) is 39.6 Å². The first-order chi connectivity index (χ1) is 50.7. The maximum atomic E-state index is 13.1. The third-order valence-corrected chi connectivity index (χ3v) is 17.6. The second kappa shape index (κ2) is 75.6. The molecule has 5 atom stereocenters. The topological polar surface area (TPSA) is 237 Å². The van der Waals surface area contributed by atoms with Crippen molar-refractivity contribution < 1.29 is 80.2 Å². The molecule has 0 saturated heterocycles. The Labute approximate surface area is 629 Å². The first-order valence-electron chi connectivity index (χ1n) is 39.4. The van der Waals surface area contributed by atoms with Crippen LogP contribution in [0, 0.1) is 0 Å². The standard InChI is InChI=1S/C85H138O17P2/c1-5-9-13-17-21-25-29-33-36-38-39-41-44-47-50-54-58-62-66-70-83(88)95-75-80(101-84(89)71-67-63-59-55-51-45-32-28-24-20-16-12-8-4)77-99-103(91,92)97-73-79(86)74-98-104(93,94)100-78-81(102-85(90)72-68-64-60-56-52-48-42-35-31-27-23-19-15-11-7-3)76-96-82(87)69-65-61-57-53-49-46-43-40-37-34-30-26-22-18-14-10-6-2/h9-11,13-15,21-23,25-27,33-37,39,41-43,46,52-53,56-57,64,68,79-81,86H,5-8,12,16-20,24,28-32,38,40,44-45,47-51,54-55,58-63,65-67,69-78H2,1-4H3,(H,91,92)(H,93,94)/b13-9-,14-10-,15-11-,25-21-,26-22-,27-23-,36-33-,37-34-,41-39-,42-35-,46-43-,56-52-,57-53-,68-64-. The molecule has 0 aliphatic rings. The van der Waals surface area contributed by atoms with Gasteiger partial charge in [0.1, 0.15) is 19.3 Å². The van der Waals surface area contributed by atoms with E-state index in [-0.39, 0.29) is 25.7 Å². The lowest BCUT2D eigenvalue weighted by Crippen LogP contribution is -2.30. The van der Waals surface area contributed by atoms with Crippen LogP contribution in [0.4, 0.5) is 0 Å². The Morgan fingerprint density at radius 1 is 0.288 bits per heavy atom. The number of carbonyl (C=O) groups excluding carboxylic acids is 4. The Balaban J connectivity index is 5.47. The highest BCUT2D eigenvalue weighted by Crippen LogP contribution is 2.45. The fraction of sp³-hybridized carbons (Fsp3) is 0.624. The van der Waals surface area contributed by atoms with Crippen LogP contribution in [-0.4, -0.2) is 96.7 Å². The van der Waals surface area contributed by atoms with Crippen LogP contribution in [-0.2, 0) is 65.4 Å². The van der Waals surface area contributed by atoms with E-state index in [4.69, 9.17) is 37.0 Å². The van der Waals surface area contributed by atoms with Gasteiger partial charge in [-0.25, -0.2) is 9.13 Å². The van der Waals surface area contributed by atoms with E-state index < -0.39 is 97.5 Å². The monoisotopic (exact) mass is 1490 g/mol. The van der Waals surface area contributed by atoms with Crippen LogP contribution in [0.1, 0.15) is 285 Å². The molecule has 0 spiro atoms. The molecule has 0 heterocycles. The first-order valence-corrected chi connectivity index (χ1v) is 42.4. The van der Waals surface area contributed by atoms with Gasteiger partial charge in [0.2, 0.25) is 0 Å². The Morgan fingerprint density at radius 2 is 0.548 bits per heavy atom. The van der Waals surface area contributed by atoms with Crippen molar-refractivity contribution >= 4 is 39.5 Å².